The van der Waals surface area contributed by atoms with Gasteiger partial charge in [-0.15, -0.1) is 0 Å². The molecule has 4 atom stereocenters. The number of nitrogens with one attached hydrogen (secondary N) is 2. The summed E-state index contributed by atoms with van der Waals surface area (Å²) in [4.78, 5) is 26.1. The van der Waals surface area contributed by atoms with Gasteiger partial charge in [0.15, 0.2) is 31.3 Å². The van der Waals surface area contributed by atoms with Gasteiger partial charge < -0.3 is 68.3 Å². The summed E-state index contributed by atoms with van der Waals surface area (Å²) in [5.41, 5.74) is 1.05. The zero-order valence-corrected chi connectivity index (χ0v) is 65.3. The van der Waals surface area contributed by atoms with E-state index in [1.165, 1.54) is 32.9 Å². The largest absolute Gasteiger partial charge is 0.489 e. The Hall–Kier alpha value is -7.46. The second-order valence-electron chi connectivity index (χ2n) is 31.4. The van der Waals surface area contributed by atoms with Crippen LogP contribution in [0, 0.1) is 10.8 Å². The van der Waals surface area contributed by atoms with Gasteiger partial charge in [-0.3, -0.25) is 0 Å². The molecule has 5 N–H and O–H groups in total. The van der Waals surface area contributed by atoms with Crippen molar-refractivity contribution in [1.29, 1.82) is 0 Å². The van der Waals surface area contributed by atoms with Crippen molar-refractivity contribution >= 4 is 40.6 Å². The number of aliphatic hydroxyl groups is 3. The van der Waals surface area contributed by atoms with E-state index in [1.54, 1.807) is 53.7 Å². The molecule has 103 heavy (non-hydrogen) atoms. The first-order chi connectivity index (χ1) is 48.2. The smallest absolute Gasteiger partial charge is 0.407 e. The van der Waals surface area contributed by atoms with Gasteiger partial charge in [0.1, 0.15) is 35.9 Å². The number of hydrogen-bond acceptors (Lipinski definition) is 18. The average molecular weight is 1480 g/mol. The molecule has 6 aromatic rings. The molecule has 0 radical (unpaired) electrons. The first-order valence-electron chi connectivity index (χ1n) is 35.1. The Morgan fingerprint density at radius 3 is 1.23 bits per heavy atom. The molecule has 0 bridgehead atoms. The number of carbonyl (C=O) groups is 2. The minimum atomic E-state index is -4.17. The SMILES string of the molecule is CC(C)(CCCO)CN(C[C@@H](O)[C@H](Cc1ccc(OCc2ccccc2)cc1)NC(=O)OC(C)(C)C)S(=O)(=O)c1ccc2c(c1)OCO2.CC(C)(CCCO[Si](C)(C)C(C)(C)C)CN(C[C@@H](O)[C@H](Cc1ccc(OCc2ccccc2)cc1)NC(=O)OC(C)(C)C)S(=O)(=O)c1ccc2c(c1)OCO2. The molecule has 8 rings (SSSR count). The van der Waals surface area contributed by atoms with Gasteiger partial charge in [-0.1, -0.05) is 133 Å². The fourth-order valence-electron chi connectivity index (χ4n) is 11.2. The average Bonchev–Trinajstić information content (AvgIpc) is 1.76. The molecule has 22 nitrogen and oxygen atoms in total. The third-order valence-electron chi connectivity index (χ3n) is 17.8. The van der Waals surface area contributed by atoms with Crippen molar-refractivity contribution in [1.82, 2.24) is 19.2 Å². The summed E-state index contributed by atoms with van der Waals surface area (Å²) in [6.45, 7) is 30.3. The third-order valence-corrected chi connectivity index (χ3v) is 26.0. The lowest BCUT2D eigenvalue weighted by Gasteiger charge is -2.37. The minimum absolute atomic E-state index is 0.00336. The zero-order valence-electron chi connectivity index (χ0n) is 62.7. The summed E-state index contributed by atoms with van der Waals surface area (Å²) in [5, 5.41) is 38.8. The van der Waals surface area contributed by atoms with Gasteiger partial charge in [0.05, 0.1) is 34.1 Å². The Balaban J connectivity index is 0.000000291. The molecule has 2 heterocycles. The van der Waals surface area contributed by atoms with Crippen LogP contribution in [0.2, 0.25) is 18.1 Å². The van der Waals surface area contributed by atoms with E-state index in [-0.39, 0.29) is 74.0 Å². The van der Waals surface area contributed by atoms with Gasteiger partial charge in [-0.25, -0.2) is 26.4 Å². The molecule has 2 aliphatic heterocycles. The van der Waals surface area contributed by atoms with E-state index in [4.69, 9.17) is 42.3 Å². The monoisotopic (exact) mass is 1480 g/mol. The van der Waals surface area contributed by atoms with Gasteiger partial charge in [0, 0.05) is 51.5 Å². The van der Waals surface area contributed by atoms with Crippen LogP contribution >= 0.6 is 0 Å². The van der Waals surface area contributed by atoms with Gasteiger partial charge in [-0.05, 0) is 180 Å². The molecule has 0 fully saturated rings. The number of amides is 2. The van der Waals surface area contributed by atoms with E-state index in [9.17, 15) is 41.7 Å². The van der Waals surface area contributed by atoms with Crippen LogP contribution in [0.15, 0.2) is 155 Å². The van der Waals surface area contributed by atoms with Gasteiger partial charge in [0.2, 0.25) is 33.6 Å². The fraction of sp³-hybridized carbons (Fsp3) is 0.513. The first kappa shape index (κ1) is 82.8. The van der Waals surface area contributed by atoms with E-state index in [1.807, 2.05) is 137 Å². The van der Waals surface area contributed by atoms with Crippen LogP contribution in [0.5, 0.6) is 34.5 Å². The summed E-state index contributed by atoms with van der Waals surface area (Å²) in [6, 6.07) is 41.5. The predicted molar refractivity (Wildman–Crippen MR) is 399 cm³/mol. The van der Waals surface area contributed by atoms with Crippen LogP contribution in [0.3, 0.4) is 0 Å². The molecular weight excluding hydrogens is 1370 g/mol. The number of rotatable bonds is 34. The number of aliphatic hydroxyl groups excluding tert-OH is 3. The normalized spacial score (nSPS) is 14.6. The highest BCUT2D eigenvalue weighted by atomic mass is 32.2. The van der Waals surface area contributed by atoms with Gasteiger partial charge in [-0.2, -0.15) is 8.61 Å². The summed E-state index contributed by atoms with van der Waals surface area (Å²) >= 11 is 0. The van der Waals surface area contributed by atoms with Crippen LogP contribution in [0.1, 0.15) is 138 Å². The number of hydrogen-bond donors (Lipinski definition) is 5. The van der Waals surface area contributed by atoms with Crippen LogP contribution in [0.25, 0.3) is 0 Å². The van der Waals surface area contributed by atoms with Crippen molar-refractivity contribution in [3.8, 4) is 34.5 Å². The van der Waals surface area contributed by atoms with Gasteiger partial charge >= 0.3 is 12.2 Å². The maximum atomic E-state index is 14.5. The van der Waals surface area contributed by atoms with Crippen LogP contribution in [-0.2, 0) is 60.0 Å². The Morgan fingerprint density at radius 2 is 0.874 bits per heavy atom. The number of carbonyl (C=O) groups excluding carboxylic acids is 2. The van der Waals surface area contributed by atoms with Crippen LogP contribution in [-0.4, -0.2) is 150 Å². The predicted octanol–water partition coefficient (Wildman–Crippen LogP) is 13.6. The standard InChI is InChI=1S/C42H62N2O9SSi.C36H48N2O9S/c1-40(2,3)53-39(46)43-35(25-31-17-19-33(20-18-31)49-28-32-15-12-11-13-16-32)36(45)27-44(54(47,48)34-21-22-37-38(26-34)51-30-50-37)29-42(7,8)23-14-24-52-55(9,10)41(4,5)6;1-35(2,3)47-34(41)37-30(20-26-12-14-28(15-13-26)44-23-27-10-7-6-8-11-27)31(40)22-38(24-36(4,5)18-9-19-39)48(42,43)29-16-17-32-33(21-29)46-25-45-32/h11-13,15-22,26,35-36,45H,14,23-25,27-30H2,1-10H3,(H,43,46);6-8,10-17,21,30-31,39-40H,9,18-20,22-25H2,1-5H3,(H,37,41)/t35-,36+;30-,31+/m00/s1. The lowest BCUT2D eigenvalue weighted by molar-refractivity contribution is 0.0384. The molecule has 0 saturated carbocycles. The van der Waals surface area contributed by atoms with Crippen molar-refractivity contribution in [2.75, 3.05) is 53.0 Å². The molecule has 0 unspecified atom stereocenters. The maximum Gasteiger partial charge on any atom is 0.407 e. The summed E-state index contributed by atoms with van der Waals surface area (Å²) in [7, 11) is -10.3. The summed E-state index contributed by atoms with van der Waals surface area (Å²) in [5.74, 6) is 2.89. The van der Waals surface area contributed by atoms with Crippen molar-refractivity contribution in [3.63, 3.8) is 0 Å². The molecule has 0 aromatic heterocycles. The second-order valence-corrected chi connectivity index (χ2v) is 40.1. The topological polar surface area (TPSA) is 277 Å². The van der Waals surface area contributed by atoms with Crippen LogP contribution in [0.4, 0.5) is 9.59 Å². The number of alkyl carbamates (subject to hydrolysis) is 2. The summed E-state index contributed by atoms with van der Waals surface area (Å²) in [6.07, 6.45) is -1.25. The second kappa shape index (κ2) is 36.0. The minimum Gasteiger partial charge on any atom is -0.489 e. The Kier molecular flexibility index (Phi) is 29.0. The maximum absolute atomic E-state index is 14.5. The van der Waals surface area contributed by atoms with E-state index >= 15 is 0 Å². The Labute approximate surface area is 611 Å². The van der Waals surface area contributed by atoms with Crippen molar-refractivity contribution < 1.29 is 84.1 Å². The highest BCUT2D eigenvalue weighted by Gasteiger charge is 2.40. The molecular formula is C78H110N4O18S2Si. The molecule has 2 amide bonds. The molecule has 6 aromatic carbocycles. The number of sulfonamides is 2. The zero-order chi connectivity index (χ0) is 75.6. The number of nitrogens with zero attached hydrogens (tertiary/aromatic N) is 2. The van der Waals surface area contributed by atoms with Crippen molar-refractivity contribution in [3.05, 3.63) is 168 Å². The molecule has 0 spiro atoms. The highest BCUT2D eigenvalue weighted by Crippen LogP contribution is 2.40. The van der Waals surface area contributed by atoms with E-state index in [0.717, 1.165) is 28.7 Å². The molecule has 0 aliphatic carbocycles. The highest BCUT2D eigenvalue weighted by molar-refractivity contribution is 7.89. The molecule has 0 saturated heterocycles. The summed E-state index contributed by atoms with van der Waals surface area (Å²) < 4.78 is 111. The van der Waals surface area contributed by atoms with Gasteiger partial charge in [0.25, 0.3) is 0 Å². The first-order valence-corrected chi connectivity index (χ1v) is 40.9. The third kappa shape index (κ3) is 26.3. The van der Waals surface area contributed by atoms with E-state index in [2.05, 4.69) is 44.5 Å². The quantitative estimate of drug-likeness (QED) is 0.0185. The number of ether oxygens (including phenoxy) is 8. The fourth-order valence-corrected chi connectivity index (χ4v) is 15.6. The van der Waals surface area contributed by atoms with Crippen LogP contribution < -0.4 is 39.1 Å². The molecule has 25 heteroatoms. The lowest BCUT2D eigenvalue weighted by atomic mass is 9.87. The number of benzene rings is 6. The van der Waals surface area contributed by atoms with E-state index in [0.29, 0.717) is 73.6 Å². The van der Waals surface area contributed by atoms with Crippen molar-refractivity contribution in [2.24, 2.45) is 10.8 Å². The molecule has 2 aliphatic rings. The molecule has 566 valence electrons. The number of fused-ring (bicyclic) bond motifs is 2. The van der Waals surface area contributed by atoms with Crippen molar-refractivity contribution in [2.45, 2.75) is 205 Å². The Morgan fingerprint density at radius 1 is 0.505 bits per heavy atom. The Bertz CT molecular complexity index is 3900. The van der Waals surface area contributed by atoms with E-state index < -0.39 is 86.9 Å². The lowest BCUT2D eigenvalue weighted by Crippen LogP contribution is -2.52.